The van der Waals surface area contributed by atoms with Gasteiger partial charge in [0.1, 0.15) is 11.6 Å². The predicted octanol–water partition coefficient (Wildman–Crippen LogP) is 1.93. The molecule has 0 aliphatic heterocycles. The lowest BCUT2D eigenvalue weighted by Gasteiger charge is -2.20. The van der Waals surface area contributed by atoms with E-state index in [1.54, 1.807) is 12.2 Å². The Bertz CT molecular complexity index is 409. The highest BCUT2D eigenvalue weighted by molar-refractivity contribution is 5.75. The first-order chi connectivity index (χ1) is 8.67. The molecular formula is C12H15FN4O. The first-order valence-corrected chi connectivity index (χ1v) is 5.31. The summed E-state index contributed by atoms with van der Waals surface area (Å²) in [6.07, 6.45) is 4.28. The molecule has 0 aromatic carbocycles. The Hall–Kier alpha value is -2.37. The van der Waals surface area contributed by atoms with Gasteiger partial charge in [0.2, 0.25) is 0 Å². The Kier molecular flexibility index (Phi) is 5.37. The summed E-state index contributed by atoms with van der Waals surface area (Å²) in [7, 11) is 0. The lowest BCUT2D eigenvalue weighted by Crippen LogP contribution is -2.42. The van der Waals surface area contributed by atoms with Gasteiger partial charge in [-0.05, 0) is 12.1 Å². The second kappa shape index (κ2) is 7.05. The first kappa shape index (κ1) is 13.7. The second-order valence-corrected chi connectivity index (χ2v) is 3.40. The van der Waals surface area contributed by atoms with Gasteiger partial charge in [-0.25, -0.2) is 14.2 Å². The number of rotatable bonds is 6. The summed E-state index contributed by atoms with van der Waals surface area (Å²) in [5.41, 5.74) is 5.03. The summed E-state index contributed by atoms with van der Waals surface area (Å²) in [6, 6.07) is 2.31. The molecule has 0 aliphatic rings. The van der Waals surface area contributed by atoms with Crippen LogP contribution < -0.4 is 10.9 Å². The average molecular weight is 250 g/mol. The summed E-state index contributed by atoms with van der Waals surface area (Å²) in [6.45, 7) is 7.92. The van der Waals surface area contributed by atoms with E-state index in [9.17, 15) is 9.18 Å². The van der Waals surface area contributed by atoms with Crippen molar-refractivity contribution >= 4 is 11.8 Å². The third-order valence-electron chi connectivity index (χ3n) is 2.01. The van der Waals surface area contributed by atoms with E-state index in [0.29, 0.717) is 18.9 Å². The fraction of sp³-hybridized carbons (Fsp3) is 0.167. The molecule has 96 valence electrons. The van der Waals surface area contributed by atoms with Crippen LogP contribution in [0.3, 0.4) is 0 Å². The van der Waals surface area contributed by atoms with E-state index in [1.807, 2.05) is 0 Å². The number of hydrogen-bond donors (Lipinski definition) is 2. The minimum atomic E-state index is -0.438. The lowest BCUT2D eigenvalue weighted by atomic mass is 10.4. The molecule has 0 bridgehead atoms. The Balaban J connectivity index is 2.50. The van der Waals surface area contributed by atoms with E-state index in [0.717, 1.165) is 6.20 Å². The Labute approximate surface area is 105 Å². The second-order valence-electron chi connectivity index (χ2n) is 3.40. The van der Waals surface area contributed by atoms with Gasteiger partial charge >= 0.3 is 6.03 Å². The molecule has 0 spiro atoms. The van der Waals surface area contributed by atoms with Crippen molar-refractivity contribution in [2.45, 2.75) is 0 Å². The number of urea groups is 1. The van der Waals surface area contributed by atoms with E-state index in [1.165, 1.54) is 17.0 Å². The minimum Gasteiger partial charge on any atom is -0.316 e. The van der Waals surface area contributed by atoms with Gasteiger partial charge < -0.3 is 4.90 Å². The average Bonchev–Trinajstić information content (AvgIpc) is 2.37. The number of halogens is 1. The highest BCUT2D eigenvalue weighted by Gasteiger charge is 2.09. The monoisotopic (exact) mass is 250 g/mol. The maximum atomic E-state index is 12.6. The highest BCUT2D eigenvalue weighted by Crippen LogP contribution is 2.01. The van der Waals surface area contributed by atoms with Crippen LogP contribution in [0, 0.1) is 5.82 Å². The fourth-order valence-electron chi connectivity index (χ4n) is 1.20. The number of hydrazine groups is 1. The van der Waals surface area contributed by atoms with Crippen LogP contribution in [0.5, 0.6) is 0 Å². The maximum absolute atomic E-state index is 12.6. The van der Waals surface area contributed by atoms with Crippen molar-refractivity contribution in [3.05, 3.63) is 49.5 Å². The quantitative estimate of drug-likeness (QED) is 0.599. The number of hydrogen-bond acceptors (Lipinski definition) is 3. The van der Waals surface area contributed by atoms with Crippen molar-refractivity contribution < 1.29 is 9.18 Å². The number of amides is 2. The zero-order valence-corrected chi connectivity index (χ0v) is 9.90. The molecule has 2 N–H and O–H groups in total. The van der Waals surface area contributed by atoms with E-state index in [2.05, 4.69) is 29.0 Å². The molecule has 0 atom stereocenters. The van der Waals surface area contributed by atoms with Gasteiger partial charge in [0, 0.05) is 13.1 Å². The van der Waals surface area contributed by atoms with E-state index < -0.39 is 5.82 Å². The molecule has 1 heterocycles. The number of nitrogens with one attached hydrogen (secondary N) is 2. The largest absolute Gasteiger partial charge is 0.336 e. The Morgan fingerprint density at radius 3 is 2.56 bits per heavy atom. The molecule has 1 aromatic rings. The smallest absolute Gasteiger partial charge is 0.316 e. The van der Waals surface area contributed by atoms with Crippen LogP contribution in [0.25, 0.3) is 0 Å². The van der Waals surface area contributed by atoms with Gasteiger partial charge in [0.25, 0.3) is 0 Å². The van der Waals surface area contributed by atoms with Gasteiger partial charge in [0.15, 0.2) is 0 Å². The van der Waals surface area contributed by atoms with Crippen molar-refractivity contribution in [2.75, 3.05) is 18.5 Å². The van der Waals surface area contributed by atoms with E-state index in [4.69, 9.17) is 0 Å². The molecule has 18 heavy (non-hydrogen) atoms. The van der Waals surface area contributed by atoms with Crippen LogP contribution in [0.2, 0.25) is 0 Å². The standard InChI is InChI=1S/C12H15FN4O/c1-3-7-17(8-4-2)12(18)16-15-11-6-5-10(13)9-14-11/h3-6,9H,1-2,7-8H2,(H,14,15)(H,16,18). The SMILES string of the molecule is C=CCN(CC=C)C(=O)NNc1ccc(F)cn1. The summed E-state index contributed by atoms with van der Waals surface area (Å²) < 4.78 is 12.6. The number of carbonyl (C=O) groups is 1. The summed E-state index contributed by atoms with van der Waals surface area (Å²) >= 11 is 0. The molecule has 1 rings (SSSR count). The highest BCUT2D eigenvalue weighted by atomic mass is 19.1. The maximum Gasteiger partial charge on any atom is 0.336 e. The number of aromatic nitrogens is 1. The van der Waals surface area contributed by atoms with Gasteiger partial charge in [-0.2, -0.15) is 0 Å². The number of carbonyl (C=O) groups excluding carboxylic acids is 1. The van der Waals surface area contributed by atoms with Gasteiger partial charge in [-0.3, -0.25) is 10.9 Å². The van der Waals surface area contributed by atoms with Crippen molar-refractivity contribution in [1.29, 1.82) is 0 Å². The predicted molar refractivity (Wildman–Crippen MR) is 68.3 cm³/mol. The van der Waals surface area contributed by atoms with E-state index >= 15 is 0 Å². The van der Waals surface area contributed by atoms with Crippen LogP contribution >= 0.6 is 0 Å². The Morgan fingerprint density at radius 2 is 2.06 bits per heavy atom. The topological polar surface area (TPSA) is 57.3 Å². The number of pyridine rings is 1. The third kappa shape index (κ3) is 4.25. The summed E-state index contributed by atoms with van der Waals surface area (Å²) in [5.74, 6) is -0.0891. The molecule has 0 saturated heterocycles. The summed E-state index contributed by atoms with van der Waals surface area (Å²) in [5, 5.41) is 0. The van der Waals surface area contributed by atoms with Gasteiger partial charge in [-0.1, -0.05) is 12.2 Å². The van der Waals surface area contributed by atoms with Crippen molar-refractivity contribution in [3.63, 3.8) is 0 Å². The molecule has 5 nitrogen and oxygen atoms in total. The number of nitrogens with zero attached hydrogens (tertiary/aromatic N) is 2. The molecular weight excluding hydrogens is 235 g/mol. The molecule has 0 fully saturated rings. The zero-order valence-electron chi connectivity index (χ0n) is 9.90. The van der Waals surface area contributed by atoms with Gasteiger partial charge in [-0.15, -0.1) is 13.2 Å². The molecule has 6 heteroatoms. The van der Waals surface area contributed by atoms with Crippen LogP contribution in [-0.2, 0) is 0 Å². The first-order valence-electron chi connectivity index (χ1n) is 5.31. The normalized spacial score (nSPS) is 9.39. The summed E-state index contributed by atoms with van der Waals surface area (Å²) in [4.78, 5) is 16.9. The molecule has 0 saturated carbocycles. The molecule has 0 radical (unpaired) electrons. The molecule has 0 aliphatic carbocycles. The zero-order chi connectivity index (χ0) is 13.4. The van der Waals surface area contributed by atoms with E-state index in [-0.39, 0.29) is 6.03 Å². The van der Waals surface area contributed by atoms with Crippen molar-refractivity contribution in [1.82, 2.24) is 15.3 Å². The number of anilines is 1. The molecule has 0 unspecified atom stereocenters. The molecule has 2 amide bonds. The third-order valence-corrected chi connectivity index (χ3v) is 2.01. The van der Waals surface area contributed by atoms with Crippen LogP contribution in [-0.4, -0.2) is 29.0 Å². The minimum absolute atomic E-state index is 0.346. The molecule has 1 aromatic heterocycles. The van der Waals surface area contributed by atoms with Crippen LogP contribution in [0.1, 0.15) is 0 Å². The van der Waals surface area contributed by atoms with Crippen molar-refractivity contribution in [3.8, 4) is 0 Å². The van der Waals surface area contributed by atoms with Crippen LogP contribution in [0.4, 0.5) is 15.0 Å². The lowest BCUT2D eigenvalue weighted by molar-refractivity contribution is 0.210. The van der Waals surface area contributed by atoms with Gasteiger partial charge in [0.05, 0.1) is 6.20 Å². The van der Waals surface area contributed by atoms with Crippen LogP contribution in [0.15, 0.2) is 43.6 Å². The van der Waals surface area contributed by atoms with Crippen molar-refractivity contribution in [2.24, 2.45) is 0 Å². The Morgan fingerprint density at radius 1 is 1.39 bits per heavy atom. The fourth-order valence-corrected chi connectivity index (χ4v) is 1.20.